The zero-order valence-electron chi connectivity index (χ0n) is 23.2. The lowest BCUT2D eigenvalue weighted by Crippen LogP contribution is -2.66. The van der Waals surface area contributed by atoms with E-state index in [9.17, 15) is 15.3 Å². The van der Waals surface area contributed by atoms with Crippen molar-refractivity contribution in [2.45, 2.75) is 149 Å². The van der Waals surface area contributed by atoms with Crippen LogP contribution in [0.2, 0.25) is 0 Å². The monoisotopic (exact) mass is 476 g/mol. The maximum absolute atomic E-state index is 12.5. The molecular formula is C30H52O4. The summed E-state index contributed by atoms with van der Waals surface area (Å²) in [5.41, 5.74) is -1.82. The summed E-state index contributed by atoms with van der Waals surface area (Å²) in [6.45, 7) is 18.0. The minimum atomic E-state index is -0.884. The first-order chi connectivity index (χ1) is 15.5. The van der Waals surface area contributed by atoms with Crippen molar-refractivity contribution >= 4 is 0 Å². The van der Waals surface area contributed by atoms with Crippen LogP contribution in [0.15, 0.2) is 0 Å². The molecule has 0 aromatic heterocycles. The summed E-state index contributed by atoms with van der Waals surface area (Å²) in [5, 5.41) is 34.0. The molecule has 0 unspecified atom stereocenters. The molecule has 1 heterocycles. The maximum atomic E-state index is 12.5. The van der Waals surface area contributed by atoms with Crippen molar-refractivity contribution in [3.63, 3.8) is 0 Å². The number of rotatable bonds is 2. The van der Waals surface area contributed by atoms with Crippen LogP contribution in [0, 0.1) is 39.4 Å². The molecule has 0 radical (unpaired) electrons. The van der Waals surface area contributed by atoms with Crippen molar-refractivity contribution < 1.29 is 20.1 Å². The van der Waals surface area contributed by atoms with Crippen LogP contribution in [0.1, 0.15) is 120 Å². The highest BCUT2D eigenvalue weighted by Gasteiger charge is 2.73. The van der Waals surface area contributed by atoms with Gasteiger partial charge in [0, 0.05) is 0 Å². The fourth-order valence-corrected chi connectivity index (χ4v) is 11.1. The Kier molecular flexibility index (Phi) is 5.42. The summed E-state index contributed by atoms with van der Waals surface area (Å²) < 4.78 is 6.58. The van der Waals surface area contributed by atoms with Crippen LogP contribution >= 0.6 is 0 Å². The molecule has 34 heavy (non-hydrogen) atoms. The predicted molar refractivity (Wildman–Crippen MR) is 135 cm³/mol. The Hall–Kier alpha value is -0.160. The van der Waals surface area contributed by atoms with E-state index in [0.29, 0.717) is 11.8 Å². The van der Waals surface area contributed by atoms with E-state index >= 15 is 0 Å². The van der Waals surface area contributed by atoms with Crippen molar-refractivity contribution in [2.24, 2.45) is 39.4 Å². The molecule has 10 atom stereocenters. The van der Waals surface area contributed by atoms with Crippen LogP contribution in [0.25, 0.3) is 0 Å². The van der Waals surface area contributed by atoms with E-state index in [1.54, 1.807) is 0 Å². The van der Waals surface area contributed by atoms with Gasteiger partial charge in [-0.3, -0.25) is 0 Å². The SMILES string of the molecule is CC(C)(O)[C@@H]1CC[C@@](C)([C@@]2(O)CC[C@]3(C)[C@@H]2CC[C@@H]2[C@@]4(C)CC[C@@H](O)C(C)(C)[C@H]4CC[C@]23C)O1. The van der Waals surface area contributed by atoms with E-state index in [1.165, 1.54) is 19.3 Å². The Bertz CT molecular complexity index is 832. The fourth-order valence-electron chi connectivity index (χ4n) is 11.1. The van der Waals surface area contributed by atoms with Crippen LogP contribution < -0.4 is 0 Å². The van der Waals surface area contributed by atoms with Crippen molar-refractivity contribution in [3.05, 3.63) is 0 Å². The van der Waals surface area contributed by atoms with Gasteiger partial charge in [-0.25, -0.2) is 0 Å². The highest BCUT2D eigenvalue weighted by atomic mass is 16.5. The largest absolute Gasteiger partial charge is 0.393 e. The van der Waals surface area contributed by atoms with E-state index < -0.39 is 16.8 Å². The van der Waals surface area contributed by atoms with E-state index in [-0.39, 0.29) is 39.8 Å². The van der Waals surface area contributed by atoms with E-state index in [1.807, 2.05) is 13.8 Å². The Morgan fingerprint density at radius 1 is 0.706 bits per heavy atom. The van der Waals surface area contributed by atoms with Crippen LogP contribution in [-0.2, 0) is 4.74 Å². The molecule has 1 aliphatic heterocycles. The third-order valence-corrected chi connectivity index (χ3v) is 13.4. The van der Waals surface area contributed by atoms with Crippen LogP contribution in [-0.4, -0.2) is 44.3 Å². The number of hydrogen-bond donors (Lipinski definition) is 3. The van der Waals surface area contributed by atoms with Crippen LogP contribution in [0.5, 0.6) is 0 Å². The first-order valence-corrected chi connectivity index (χ1v) is 14.3. The van der Waals surface area contributed by atoms with Gasteiger partial charge in [-0.15, -0.1) is 0 Å². The molecular weight excluding hydrogens is 424 g/mol. The molecule has 0 amide bonds. The zero-order valence-corrected chi connectivity index (χ0v) is 23.2. The van der Waals surface area contributed by atoms with Gasteiger partial charge in [0.25, 0.3) is 0 Å². The average Bonchev–Trinajstić information content (AvgIpc) is 3.27. The summed E-state index contributed by atoms with van der Waals surface area (Å²) in [7, 11) is 0. The minimum Gasteiger partial charge on any atom is -0.393 e. The quantitative estimate of drug-likeness (QED) is 0.467. The highest BCUT2D eigenvalue weighted by molar-refractivity contribution is 5.23. The molecule has 5 aliphatic rings. The standard InChI is InChI=1S/C30H52O4/c1-24(2)19-11-15-27(6)20(26(19,5)14-12-22(24)31)9-10-21-28(27,7)17-18-30(21,33)29(8)16-13-23(34-29)25(3,4)32/h19-23,31-33H,9-18H2,1-8H3/t19-,20-,21+,22-,23+,26+,27-,28-,29+,30-/m1/s1. The van der Waals surface area contributed by atoms with Crippen molar-refractivity contribution in [1.29, 1.82) is 0 Å². The number of ether oxygens (including phenoxy) is 1. The fraction of sp³-hybridized carbons (Fsp3) is 1.00. The first-order valence-electron chi connectivity index (χ1n) is 14.3. The van der Waals surface area contributed by atoms with Gasteiger partial charge in [-0.05, 0) is 124 Å². The molecule has 0 spiro atoms. The minimum absolute atomic E-state index is 0.0280. The van der Waals surface area contributed by atoms with Crippen molar-refractivity contribution in [1.82, 2.24) is 0 Å². The van der Waals surface area contributed by atoms with Gasteiger partial charge in [0.05, 0.1) is 29.0 Å². The molecule has 4 heteroatoms. The smallest absolute Gasteiger partial charge is 0.0967 e. The lowest BCUT2D eigenvalue weighted by Gasteiger charge is -2.70. The average molecular weight is 477 g/mol. The van der Waals surface area contributed by atoms with E-state index in [4.69, 9.17) is 4.74 Å². The summed E-state index contributed by atoms with van der Waals surface area (Å²) in [6, 6.07) is 0. The molecule has 0 bridgehead atoms. The number of hydrogen-bond acceptors (Lipinski definition) is 4. The van der Waals surface area contributed by atoms with Gasteiger partial charge >= 0.3 is 0 Å². The first kappa shape index (κ1) is 25.5. The third-order valence-electron chi connectivity index (χ3n) is 13.4. The van der Waals surface area contributed by atoms with Gasteiger partial charge in [-0.1, -0.05) is 34.6 Å². The van der Waals surface area contributed by atoms with Gasteiger partial charge < -0.3 is 20.1 Å². The normalized spacial score (nSPS) is 57.1. The van der Waals surface area contributed by atoms with Crippen LogP contribution in [0.4, 0.5) is 0 Å². The van der Waals surface area contributed by atoms with Crippen LogP contribution in [0.3, 0.4) is 0 Å². The van der Waals surface area contributed by atoms with Crippen molar-refractivity contribution in [2.75, 3.05) is 0 Å². The van der Waals surface area contributed by atoms with E-state index in [0.717, 1.165) is 44.9 Å². The second-order valence-electron chi connectivity index (χ2n) is 15.4. The van der Waals surface area contributed by atoms with E-state index in [2.05, 4.69) is 41.5 Å². The molecule has 0 aromatic carbocycles. The second-order valence-corrected chi connectivity index (χ2v) is 15.4. The maximum Gasteiger partial charge on any atom is 0.0967 e. The number of aliphatic hydroxyl groups is 3. The molecule has 4 nitrogen and oxygen atoms in total. The lowest BCUT2D eigenvalue weighted by molar-refractivity contribution is -0.254. The number of aliphatic hydroxyl groups excluding tert-OH is 1. The molecule has 0 aromatic rings. The Labute approximate surface area is 208 Å². The molecule has 4 saturated carbocycles. The second kappa shape index (κ2) is 7.23. The molecule has 4 aliphatic carbocycles. The molecule has 3 N–H and O–H groups in total. The summed E-state index contributed by atoms with van der Waals surface area (Å²) in [5.74, 6) is 1.43. The van der Waals surface area contributed by atoms with Gasteiger partial charge in [0.1, 0.15) is 0 Å². The Balaban J connectivity index is 1.48. The third kappa shape index (κ3) is 2.98. The van der Waals surface area contributed by atoms with Gasteiger partial charge in [0.2, 0.25) is 0 Å². The lowest BCUT2D eigenvalue weighted by atomic mass is 9.35. The van der Waals surface area contributed by atoms with Crippen molar-refractivity contribution in [3.8, 4) is 0 Å². The summed E-state index contributed by atoms with van der Waals surface area (Å²) in [6.07, 6.45) is 9.72. The summed E-state index contributed by atoms with van der Waals surface area (Å²) >= 11 is 0. The zero-order chi connectivity index (χ0) is 25.2. The summed E-state index contributed by atoms with van der Waals surface area (Å²) in [4.78, 5) is 0. The highest BCUT2D eigenvalue weighted by Crippen LogP contribution is 2.76. The molecule has 1 saturated heterocycles. The topological polar surface area (TPSA) is 69.9 Å². The van der Waals surface area contributed by atoms with Gasteiger partial charge in [-0.2, -0.15) is 0 Å². The Morgan fingerprint density at radius 2 is 1.32 bits per heavy atom. The Morgan fingerprint density at radius 3 is 1.94 bits per heavy atom. The number of fused-ring (bicyclic) bond motifs is 5. The molecule has 5 rings (SSSR count). The molecule has 5 fully saturated rings. The molecule has 196 valence electrons. The van der Waals surface area contributed by atoms with Gasteiger partial charge in [0.15, 0.2) is 0 Å². The predicted octanol–water partition coefficient (Wildman–Crippen LogP) is 5.86.